The Morgan fingerprint density at radius 2 is 1.91 bits per heavy atom. The molecule has 0 saturated heterocycles. The Balaban J connectivity index is 1.84. The number of esters is 1. The van der Waals surface area contributed by atoms with Crippen molar-refractivity contribution in [3.63, 3.8) is 0 Å². The maximum Gasteiger partial charge on any atom is 0.338 e. The number of carbonyl (C=O) groups excluding carboxylic acids is 2. The minimum absolute atomic E-state index is 0.323. The first-order valence-corrected chi connectivity index (χ1v) is 6.69. The second kappa shape index (κ2) is 7.42. The van der Waals surface area contributed by atoms with Crippen molar-refractivity contribution in [2.45, 2.75) is 0 Å². The van der Waals surface area contributed by atoms with Gasteiger partial charge in [0, 0.05) is 11.1 Å². The molecular weight excluding hydrogens is 308 g/mol. The lowest BCUT2D eigenvalue weighted by molar-refractivity contribution is -0.119. The second-order valence-corrected chi connectivity index (χ2v) is 4.66. The van der Waals surface area contributed by atoms with Crippen molar-refractivity contribution in [1.29, 1.82) is 0 Å². The first-order chi connectivity index (χ1) is 10.6. The number of halogens is 1. The van der Waals surface area contributed by atoms with E-state index in [4.69, 9.17) is 21.1 Å². The van der Waals surface area contributed by atoms with E-state index in [0.29, 0.717) is 22.2 Å². The van der Waals surface area contributed by atoms with E-state index < -0.39 is 18.5 Å². The number of hydrogen-bond donors (Lipinski definition) is 1. The third-order valence-corrected chi connectivity index (χ3v) is 2.90. The molecule has 1 N–H and O–H groups in total. The molecule has 7 heteroatoms. The molecule has 2 rings (SSSR count). The molecule has 0 spiro atoms. The van der Waals surface area contributed by atoms with Gasteiger partial charge in [-0.05, 0) is 30.3 Å². The number of hydrogen-bond acceptors (Lipinski definition) is 5. The molecule has 1 aromatic heterocycles. The van der Waals surface area contributed by atoms with Crippen LogP contribution in [0.15, 0.2) is 42.6 Å². The summed E-state index contributed by atoms with van der Waals surface area (Å²) in [6.07, 6.45) is 1.44. The fourth-order valence-corrected chi connectivity index (χ4v) is 1.70. The summed E-state index contributed by atoms with van der Waals surface area (Å²) in [5.74, 6) is -0.624. The van der Waals surface area contributed by atoms with E-state index in [9.17, 15) is 9.59 Å². The van der Waals surface area contributed by atoms with Gasteiger partial charge in [0.1, 0.15) is 0 Å². The topological polar surface area (TPSA) is 77.5 Å². The van der Waals surface area contributed by atoms with E-state index in [1.165, 1.54) is 25.4 Å². The molecule has 0 atom stereocenters. The summed E-state index contributed by atoms with van der Waals surface area (Å²) in [6.45, 7) is -0.395. The van der Waals surface area contributed by atoms with Crippen LogP contribution in [0, 0.1) is 0 Å². The Bertz CT molecular complexity index is 656. The zero-order chi connectivity index (χ0) is 15.9. The average Bonchev–Trinajstić information content (AvgIpc) is 2.54. The lowest BCUT2D eigenvalue weighted by Crippen LogP contribution is -2.21. The lowest BCUT2D eigenvalue weighted by atomic mass is 10.2. The Labute approximate surface area is 132 Å². The molecule has 0 radical (unpaired) electrons. The van der Waals surface area contributed by atoms with Gasteiger partial charge >= 0.3 is 5.97 Å². The molecule has 0 saturated carbocycles. The van der Waals surface area contributed by atoms with Crippen molar-refractivity contribution in [2.75, 3.05) is 19.0 Å². The molecule has 0 fully saturated rings. The van der Waals surface area contributed by atoms with Crippen molar-refractivity contribution in [3.05, 3.63) is 53.2 Å². The first kappa shape index (κ1) is 15.8. The Hall–Kier alpha value is -2.60. The summed E-state index contributed by atoms with van der Waals surface area (Å²) in [6, 6.07) is 9.43. The number of anilines is 1. The average molecular weight is 321 g/mol. The summed E-state index contributed by atoms with van der Waals surface area (Å²) in [7, 11) is 1.50. The summed E-state index contributed by atoms with van der Waals surface area (Å²) < 4.78 is 9.82. The molecule has 1 aromatic carbocycles. The molecule has 114 valence electrons. The Morgan fingerprint density at radius 1 is 1.18 bits per heavy atom. The third-order valence-electron chi connectivity index (χ3n) is 2.64. The fourth-order valence-electron chi connectivity index (χ4n) is 1.57. The SMILES string of the molecule is COc1ccc(NC(=O)COC(=O)c2ccc(Cl)cc2)cn1. The van der Waals surface area contributed by atoms with Crippen LogP contribution in [0.25, 0.3) is 0 Å². The van der Waals surface area contributed by atoms with Crippen LogP contribution in [0.2, 0.25) is 5.02 Å². The van der Waals surface area contributed by atoms with E-state index in [-0.39, 0.29) is 0 Å². The number of aromatic nitrogens is 1. The van der Waals surface area contributed by atoms with Gasteiger partial charge in [-0.25, -0.2) is 9.78 Å². The van der Waals surface area contributed by atoms with Crippen molar-refractivity contribution in [2.24, 2.45) is 0 Å². The van der Waals surface area contributed by atoms with Crippen LogP contribution < -0.4 is 10.1 Å². The second-order valence-electron chi connectivity index (χ2n) is 4.22. The van der Waals surface area contributed by atoms with Crippen molar-refractivity contribution in [1.82, 2.24) is 4.98 Å². The van der Waals surface area contributed by atoms with Crippen LogP contribution >= 0.6 is 11.6 Å². The molecule has 0 aliphatic carbocycles. The number of methoxy groups -OCH3 is 1. The number of amides is 1. The highest BCUT2D eigenvalue weighted by Gasteiger charge is 2.10. The molecule has 2 aromatic rings. The number of carbonyl (C=O) groups is 2. The van der Waals surface area contributed by atoms with E-state index in [1.54, 1.807) is 24.3 Å². The zero-order valence-electron chi connectivity index (χ0n) is 11.7. The number of nitrogens with zero attached hydrogens (tertiary/aromatic N) is 1. The Kier molecular flexibility index (Phi) is 5.32. The van der Waals surface area contributed by atoms with Gasteiger partial charge in [0.05, 0.1) is 24.6 Å². The summed E-state index contributed by atoms with van der Waals surface area (Å²) in [5, 5.41) is 3.07. The predicted molar refractivity (Wildman–Crippen MR) is 81.2 cm³/mol. The van der Waals surface area contributed by atoms with Crippen molar-refractivity contribution in [3.8, 4) is 5.88 Å². The molecule has 1 heterocycles. The largest absolute Gasteiger partial charge is 0.481 e. The van der Waals surface area contributed by atoms with Gasteiger partial charge in [0.15, 0.2) is 6.61 Å². The molecule has 0 aliphatic rings. The molecule has 22 heavy (non-hydrogen) atoms. The summed E-state index contributed by atoms with van der Waals surface area (Å²) in [4.78, 5) is 27.4. The highest BCUT2D eigenvalue weighted by atomic mass is 35.5. The number of pyridine rings is 1. The van der Waals surface area contributed by atoms with Crippen LogP contribution in [0.5, 0.6) is 5.88 Å². The lowest BCUT2D eigenvalue weighted by Gasteiger charge is -2.07. The van der Waals surface area contributed by atoms with E-state index in [0.717, 1.165) is 0 Å². The van der Waals surface area contributed by atoms with E-state index in [1.807, 2.05) is 0 Å². The normalized spacial score (nSPS) is 9.91. The van der Waals surface area contributed by atoms with Crippen LogP contribution in [-0.4, -0.2) is 30.6 Å². The summed E-state index contributed by atoms with van der Waals surface area (Å²) in [5.41, 5.74) is 0.802. The van der Waals surface area contributed by atoms with E-state index in [2.05, 4.69) is 10.3 Å². The molecule has 0 unspecified atom stereocenters. The highest BCUT2D eigenvalue weighted by Crippen LogP contribution is 2.12. The molecule has 0 bridgehead atoms. The number of ether oxygens (including phenoxy) is 2. The Morgan fingerprint density at radius 3 is 2.50 bits per heavy atom. The molecule has 1 amide bonds. The molecule has 0 aliphatic heterocycles. The minimum atomic E-state index is -0.598. The zero-order valence-corrected chi connectivity index (χ0v) is 12.5. The van der Waals surface area contributed by atoms with Crippen molar-refractivity contribution < 1.29 is 19.1 Å². The smallest absolute Gasteiger partial charge is 0.338 e. The maximum atomic E-state index is 11.7. The maximum absolute atomic E-state index is 11.7. The third kappa shape index (κ3) is 4.46. The van der Waals surface area contributed by atoms with Gasteiger partial charge in [-0.1, -0.05) is 11.6 Å². The predicted octanol–water partition coefficient (Wildman–Crippen LogP) is 2.54. The summed E-state index contributed by atoms with van der Waals surface area (Å²) >= 11 is 5.72. The number of benzene rings is 1. The van der Waals surface area contributed by atoms with Gasteiger partial charge in [-0.3, -0.25) is 4.79 Å². The first-order valence-electron chi connectivity index (χ1n) is 6.31. The fraction of sp³-hybridized carbons (Fsp3) is 0.133. The van der Waals surface area contributed by atoms with Crippen molar-refractivity contribution >= 4 is 29.2 Å². The van der Waals surface area contributed by atoms with Crippen LogP contribution in [0.3, 0.4) is 0 Å². The van der Waals surface area contributed by atoms with E-state index >= 15 is 0 Å². The monoisotopic (exact) mass is 320 g/mol. The minimum Gasteiger partial charge on any atom is -0.481 e. The van der Waals surface area contributed by atoms with Crippen LogP contribution in [0.4, 0.5) is 5.69 Å². The highest BCUT2D eigenvalue weighted by molar-refractivity contribution is 6.30. The molecule has 6 nitrogen and oxygen atoms in total. The molecular formula is C15H13ClN2O4. The van der Waals surface area contributed by atoms with Gasteiger partial charge in [0.25, 0.3) is 5.91 Å². The van der Waals surface area contributed by atoms with Gasteiger partial charge in [-0.15, -0.1) is 0 Å². The van der Waals surface area contributed by atoms with Crippen LogP contribution in [-0.2, 0) is 9.53 Å². The van der Waals surface area contributed by atoms with Gasteiger partial charge in [0.2, 0.25) is 5.88 Å². The van der Waals surface area contributed by atoms with Gasteiger partial charge in [-0.2, -0.15) is 0 Å². The number of rotatable bonds is 5. The number of nitrogens with one attached hydrogen (secondary N) is 1. The quantitative estimate of drug-likeness (QED) is 0.857. The standard InChI is InChI=1S/C15H13ClN2O4/c1-21-14-7-6-12(8-17-14)18-13(19)9-22-15(20)10-2-4-11(16)5-3-10/h2-8H,9H2,1H3,(H,18,19). The van der Waals surface area contributed by atoms with Gasteiger partial charge < -0.3 is 14.8 Å². The van der Waals surface area contributed by atoms with Crippen LogP contribution in [0.1, 0.15) is 10.4 Å².